The second-order valence-electron chi connectivity index (χ2n) is 8.83. The Morgan fingerprint density at radius 2 is 1.97 bits per heavy atom. The first-order chi connectivity index (χ1) is 14.8. The maximum absolute atomic E-state index is 12.6. The minimum atomic E-state index is -3.29. The Morgan fingerprint density at radius 3 is 2.61 bits per heavy atom. The van der Waals surface area contributed by atoms with Crippen molar-refractivity contribution in [2.45, 2.75) is 43.0 Å². The molecule has 2 fully saturated rings. The van der Waals surface area contributed by atoms with Crippen molar-refractivity contribution in [3.8, 4) is 6.07 Å². The molecule has 8 nitrogen and oxygen atoms in total. The first-order valence-corrected chi connectivity index (χ1v) is 12.3. The van der Waals surface area contributed by atoms with Gasteiger partial charge in [-0.25, -0.2) is 8.42 Å². The highest BCUT2D eigenvalue weighted by Gasteiger charge is 2.49. The molecule has 0 bridgehead atoms. The third-order valence-corrected chi connectivity index (χ3v) is 7.83. The van der Waals surface area contributed by atoms with Crippen LogP contribution in [0.5, 0.6) is 0 Å². The van der Waals surface area contributed by atoms with E-state index in [1.807, 2.05) is 10.7 Å². The Morgan fingerprint density at radius 1 is 1.23 bits per heavy atom. The molecule has 2 heterocycles. The monoisotopic (exact) mass is 437 g/mol. The first-order valence-electron chi connectivity index (χ1n) is 10.4. The third-order valence-electron chi connectivity index (χ3n) is 6.70. The van der Waals surface area contributed by atoms with Crippen molar-refractivity contribution in [2.24, 2.45) is 11.3 Å². The van der Waals surface area contributed by atoms with Gasteiger partial charge in [-0.15, -0.1) is 0 Å². The van der Waals surface area contributed by atoms with Gasteiger partial charge in [0.15, 0.2) is 15.7 Å². The number of anilines is 2. The summed E-state index contributed by atoms with van der Waals surface area (Å²) < 4.78 is 25.2. The zero-order valence-electron chi connectivity index (χ0n) is 17.1. The third kappa shape index (κ3) is 3.51. The molecule has 160 valence electrons. The first kappa shape index (κ1) is 19.8. The van der Waals surface area contributed by atoms with Gasteiger partial charge in [0.05, 0.1) is 28.4 Å². The van der Waals surface area contributed by atoms with Crippen molar-refractivity contribution in [3.63, 3.8) is 0 Å². The molecule has 3 aromatic rings. The van der Waals surface area contributed by atoms with E-state index in [1.54, 1.807) is 18.3 Å². The molecule has 0 saturated heterocycles. The number of pyridine rings is 1. The lowest BCUT2D eigenvalue weighted by Crippen LogP contribution is -2.28. The molecule has 5 rings (SSSR count). The predicted octanol–water partition coefficient (Wildman–Crippen LogP) is 3.52. The van der Waals surface area contributed by atoms with E-state index >= 15 is 0 Å². The molecule has 0 aliphatic heterocycles. The van der Waals surface area contributed by atoms with Crippen molar-refractivity contribution in [1.82, 2.24) is 14.8 Å². The number of rotatable bonds is 4. The molecule has 0 amide bonds. The van der Waals surface area contributed by atoms with Crippen LogP contribution < -0.4 is 10.9 Å². The number of fused-ring (bicyclic) bond motifs is 1. The van der Waals surface area contributed by atoms with Crippen molar-refractivity contribution < 1.29 is 8.42 Å². The lowest BCUT2D eigenvalue weighted by molar-refractivity contribution is 0.200. The summed E-state index contributed by atoms with van der Waals surface area (Å²) in [7, 11) is -3.29. The number of nitrogens with zero attached hydrogens (tertiary/aromatic N) is 3. The van der Waals surface area contributed by atoms with Crippen molar-refractivity contribution >= 4 is 32.2 Å². The molecule has 2 N–H and O–H groups in total. The van der Waals surface area contributed by atoms with Crippen LogP contribution in [0.1, 0.15) is 38.1 Å². The van der Waals surface area contributed by atoms with Crippen LogP contribution in [0.25, 0.3) is 10.9 Å². The van der Waals surface area contributed by atoms with Crippen LogP contribution in [-0.4, -0.2) is 29.4 Å². The van der Waals surface area contributed by atoms with Gasteiger partial charge < -0.3 is 10.3 Å². The Labute approximate surface area is 179 Å². The van der Waals surface area contributed by atoms with Crippen LogP contribution in [0.4, 0.5) is 11.5 Å². The normalized spacial score (nSPS) is 22.3. The van der Waals surface area contributed by atoms with Crippen LogP contribution in [0, 0.1) is 22.7 Å². The van der Waals surface area contributed by atoms with E-state index < -0.39 is 9.84 Å². The molecule has 31 heavy (non-hydrogen) atoms. The van der Waals surface area contributed by atoms with E-state index in [1.165, 1.54) is 25.0 Å². The average Bonchev–Trinajstić information content (AvgIpc) is 3.39. The Bertz CT molecular complexity index is 1360. The van der Waals surface area contributed by atoms with E-state index in [0.717, 1.165) is 25.5 Å². The zero-order valence-corrected chi connectivity index (χ0v) is 17.9. The van der Waals surface area contributed by atoms with E-state index in [2.05, 4.69) is 16.4 Å². The SMILES string of the molecule is CS(=O)(=O)c1ccc(Nc2nn(C3CCC4(CC4)CC3C#N)c3cc[nH]c(=O)c23)cc1. The van der Waals surface area contributed by atoms with Crippen LogP contribution in [-0.2, 0) is 9.84 Å². The van der Waals surface area contributed by atoms with Gasteiger partial charge >= 0.3 is 0 Å². The topological polar surface area (TPSA) is 121 Å². The maximum Gasteiger partial charge on any atom is 0.261 e. The number of hydrogen-bond acceptors (Lipinski definition) is 6. The summed E-state index contributed by atoms with van der Waals surface area (Å²) in [5.74, 6) is 0.257. The van der Waals surface area contributed by atoms with Crippen LogP contribution in [0.15, 0.2) is 46.2 Å². The molecule has 2 aromatic heterocycles. The van der Waals surface area contributed by atoms with Crippen LogP contribution >= 0.6 is 0 Å². The molecule has 2 unspecified atom stereocenters. The number of sulfone groups is 1. The fourth-order valence-corrected chi connectivity index (χ4v) is 5.41. The fraction of sp³-hybridized carbons (Fsp3) is 0.409. The summed E-state index contributed by atoms with van der Waals surface area (Å²) in [4.78, 5) is 15.6. The van der Waals surface area contributed by atoms with Gasteiger partial charge in [-0.1, -0.05) is 0 Å². The quantitative estimate of drug-likeness (QED) is 0.644. The molecule has 1 spiro atoms. The van der Waals surface area contributed by atoms with Crippen LogP contribution in [0.2, 0.25) is 0 Å². The van der Waals surface area contributed by atoms with Crippen molar-refractivity contribution in [3.05, 3.63) is 46.9 Å². The molecular formula is C22H23N5O3S. The van der Waals surface area contributed by atoms with E-state index in [4.69, 9.17) is 5.10 Å². The van der Waals surface area contributed by atoms with Crippen LogP contribution in [0.3, 0.4) is 0 Å². The highest BCUT2D eigenvalue weighted by atomic mass is 32.2. The molecule has 2 atom stereocenters. The molecular weight excluding hydrogens is 414 g/mol. The van der Waals surface area contributed by atoms with E-state index in [-0.39, 0.29) is 22.4 Å². The van der Waals surface area contributed by atoms with Gasteiger partial charge in [-0.2, -0.15) is 10.4 Å². The lowest BCUT2D eigenvalue weighted by Gasteiger charge is -2.33. The Hall–Kier alpha value is -3.12. The minimum Gasteiger partial charge on any atom is -0.338 e. The van der Waals surface area contributed by atoms with Gasteiger partial charge in [-0.05, 0) is 67.9 Å². The molecule has 2 aliphatic carbocycles. The summed E-state index contributed by atoms with van der Waals surface area (Å²) in [6.45, 7) is 0. The predicted molar refractivity (Wildman–Crippen MR) is 117 cm³/mol. The molecule has 0 radical (unpaired) electrons. The summed E-state index contributed by atoms with van der Waals surface area (Å²) >= 11 is 0. The number of H-pyrrole nitrogens is 1. The number of hydrogen-bond donors (Lipinski definition) is 2. The molecule has 2 saturated carbocycles. The lowest BCUT2D eigenvalue weighted by atomic mass is 9.76. The number of aromatic amines is 1. The average molecular weight is 438 g/mol. The van der Waals surface area contributed by atoms with E-state index in [0.29, 0.717) is 27.8 Å². The van der Waals surface area contributed by atoms with Gasteiger partial charge in [-0.3, -0.25) is 9.48 Å². The summed E-state index contributed by atoms with van der Waals surface area (Å²) in [6, 6.07) is 10.5. The standard InChI is InChI=1S/C22H23N5O3S/c1-31(29,30)16-4-2-15(3-5-16)25-20-19-18(7-11-24-21(19)28)27(26-20)17-6-8-22(9-10-22)12-14(17)13-23/h2-5,7,11,14,17H,6,8-10,12H2,1H3,(H,24,28)(H,25,26). The van der Waals surface area contributed by atoms with Gasteiger partial charge in [0, 0.05) is 18.1 Å². The van der Waals surface area contributed by atoms with Gasteiger partial charge in [0.2, 0.25) is 0 Å². The fourth-order valence-electron chi connectivity index (χ4n) is 4.78. The van der Waals surface area contributed by atoms with E-state index in [9.17, 15) is 18.5 Å². The minimum absolute atomic E-state index is 0.0799. The molecule has 2 aliphatic rings. The van der Waals surface area contributed by atoms with Crippen molar-refractivity contribution in [1.29, 1.82) is 5.26 Å². The van der Waals surface area contributed by atoms with Gasteiger partial charge in [0.1, 0.15) is 5.39 Å². The second kappa shape index (κ2) is 6.95. The highest BCUT2D eigenvalue weighted by molar-refractivity contribution is 7.90. The smallest absolute Gasteiger partial charge is 0.261 e. The largest absolute Gasteiger partial charge is 0.338 e. The second-order valence-corrected chi connectivity index (χ2v) is 10.8. The maximum atomic E-state index is 12.6. The summed E-state index contributed by atoms with van der Waals surface area (Å²) in [5, 5.41) is 18.1. The summed E-state index contributed by atoms with van der Waals surface area (Å²) in [6.07, 6.45) is 7.99. The summed E-state index contributed by atoms with van der Waals surface area (Å²) in [5.41, 5.74) is 1.40. The highest BCUT2D eigenvalue weighted by Crippen LogP contribution is 2.59. The van der Waals surface area contributed by atoms with Gasteiger partial charge in [0.25, 0.3) is 5.56 Å². The zero-order chi connectivity index (χ0) is 21.8. The number of aromatic nitrogens is 3. The Balaban J connectivity index is 1.54. The number of nitrogens with one attached hydrogen (secondary N) is 2. The number of benzene rings is 1. The molecule has 1 aromatic carbocycles. The van der Waals surface area contributed by atoms with Crippen molar-refractivity contribution in [2.75, 3.05) is 11.6 Å². The Kier molecular flexibility index (Phi) is 4.45. The molecule has 9 heteroatoms. The number of nitriles is 1.